The van der Waals surface area contributed by atoms with Crippen LogP contribution in [0.3, 0.4) is 0 Å². The lowest BCUT2D eigenvalue weighted by Gasteiger charge is -2.46. The number of nitrogens with zero attached hydrogens (tertiary/aromatic N) is 1. The third-order valence-corrected chi connectivity index (χ3v) is 5.19. The molecule has 2 fully saturated rings. The van der Waals surface area contributed by atoms with Crippen LogP contribution in [0.1, 0.15) is 33.1 Å². The Hall–Kier alpha value is -0.710. The molecule has 1 saturated carbocycles. The third kappa shape index (κ3) is 2.30. The van der Waals surface area contributed by atoms with Gasteiger partial charge in [0.15, 0.2) is 0 Å². The fourth-order valence-electron chi connectivity index (χ4n) is 2.56. The van der Waals surface area contributed by atoms with Crippen LogP contribution < -0.4 is 5.32 Å². The molecule has 0 aromatic heterocycles. The normalized spacial score (nSPS) is 26.4. The summed E-state index contributed by atoms with van der Waals surface area (Å²) in [6.07, 6.45) is 5.64. The first kappa shape index (κ1) is 12.7. The summed E-state index contributed by atoms with van der Waals surface area (Å²) in [6.45, 7) is 4.46. The average molecular weight is 256 g/mol. The topological polar surface area (TPSA) is 49.4 Å². The lowest BCUT2D eigenvalue weighted by molar-refractivity contribution is -0.149. The summed E-state index contributed by atoms with van der Waals surface area (Å²) in [7, 11) is 0. The molecule has 1 aliphatic carbocycles. The van der Waals surface area contributed by atoms with Gasteiger partial charge < -0.3 is 10.2 Å². The molecule has 0 bridgehead atoms. The second-order valence-corrected chi connectivity index (χ2v) is 6.85. The van der Waals surface area contributed by atoms with Crippen LogP contribution in [0.4, 0.5) is 0 Å². The van der Waals surface area contributed by atoms with E-state index in [2.05, 4.69) is 11.6 Å². The number of rotatable bonds is 3. The van der Waals surface area contributed by atoms with Crippen LogP contribution in [0, 0.1) is 0 Å². The van der Waals surface area contributed by atoms with Crippen molar-refractivity contribution in [1.82, 2.24) is 10.2 Å². The number of amides is 2. The summed E-state index contributed by atoms with van der Waals surface area (Å²) < 4.78 is 0.198. The van der Waals surface area contributed by atoms with Gasteiger partial charge in [-0.3, -0.25) is 9.59 Å². The Labute approximate surface area is 106 Å². The van der Waals surface area contributed by atoms with Crippen LogP contribution in [0.5, 0.6) is 0 Å². The first-order valence-electron chi connectivity index (χ1n) is 6.04. The predicted molar refractivity (Wildman–Crippen MR) is 68.9 cm³/mol. The molecule has 1 heterocycles. The smallest absolute Gasteiger partial charge is 0.248 e. The molecule has 4 nitrogen and oxygen atoms in total. The molecule has 0 aromatic carbocycles. The zero-order valence-electron chi connectivity index (χ0n) is 10.7. The molecule has 2 aliphatic rings. The SMILES string of the molecule is CSC1(CN2CC(=O)NC(C)(C)C2=O)CCC1. The third-order valence-electron chi connectivity index (χ3n) is 3.79. The van der Waals surface area contributed by atoms with Crippen molar-refractivity contribution < 1.29 is 9.59 Å². The summed E-state index contributed by atoms with van der Waals surface area (Å²) in [4.78, 5) is 25.6. The second kappa shape index (κ2) is 4.19. The maximum atomic E-state index is 12.2. The Balaban J connectivity index is 2.09. The monoisotopic (exact) mass is 256 g/mol. The molecule has 17 heavy (non-hydrogen) atoms. The van der Waals surface area contributed by atoms with Gasteiger partial charge in [-0.2, -0.15) is 11.8 Å². The molecule has 1 saturated heterocycles. The van der Waals surface area contributed by atoms with Gasteiger partial charge in [-0.05, 0) is 32.9 Å². The van der Waals surface area contributed by atoms with E-state index >= 15 is 0 Å². The largest absolute Gasteiger partial charge is 0.341 e. The highest BCUT2D eigenvalue weighted by Crippen LogP contribution is 2.43. The highest BCUT2D eigenvalue weighted by molar-refractivity contribution is 8.00. The van der Waals surface area contributed by atoms with Crippen molar-refractivity contribution in [2.45, 2.75) is 43.4 Å². The molecule has 0 spiro atoms. The molecular formula is C12H20N2O2S. The van der Waals surface area contributed by atoms with Crippen molar-refractivity contribution in [3.05, 3.63) is 0 Å². The quantitative estimate of drug-likeness (QED) is 0.820. The fourth-order valence-corrected chi connectivity index (χ4v) is 3.54. The number of carbonyl (C=O) groups is 2. The maximum Gasteiger partial charge on any atom is 0.248 e. The molecule has 0 aromatic rings. The van der Waals surface area contributed by atoms with Gasteiger partial charge in [-0.1, -0.05) is 6.42 Å². The summed E-state index contributed by atoms with van der Waals surface area (Å²) >= 11 is 1.83. The van der Waals surface area contributed by atoms with Crippen LogP contribution in [-0.2, 0) is 9.59 Å². The Morgan fingerprint density at radius 1 is 1.35 bits per heavy atom. The number of carbonyl (C=O) groups excluding carboxylic acids is 2. The first-order chi connectivity index (χ1) is 7.88. The van der Waals surface area contributed by atoms with Crippen molar-refractivity contribution in [3.8, 4) is 0 Å². The van der Waals surface area contributed by atoms with Crippen LogP contribution in [0.25, 0.3) is 0 Å². The summed E-state index contributed by atoms with van der Waals surface area (Å²) in [5.41, 5.74) is -0.751. The Morgan fingerprint density at radius 2 is 2.00 bits per heavy atom. The van der Waals surface area contributed by atoms with E-state index in [0.29, 0.717) is 6.54 Å². The van der Waals surface area contributed by atoms with Crippen LogP contribution in [0.15, 0.2) is 0 Å². The van der Waals surface area contributed by atoms with Gasteiger partial charge in [0.25, 0.3) is 0 Å². The number of thioether (sulfide) groups is 1. The van der Waals surface area contributed by atoms with Crippen LogP contribution in [-0.4, -0.2) is 46.3 Å². The van der Waals surface area contributed by atoms with Gasteiger partial charge in [0.2, 0.25) is 11.8 Å². The summed E-state index contributed by atoms with van der Waals surface area (Å²) in [6, 6.07) is 0. The second-order valence-electron chi connectivity index (χ2n) is 5.58. The minimum Gasteiger partial charge on any atom is -0.341 e. The van der Waals surface area contributed by atoms with Gasteiger partial charge in [0.1, 0.15) is 5.54 Å². The molecule has 0 radical (unpaired) electrons. The van der Waals surface area contributed by atoms with E-state index in [9.17, 15) is 9.59 Å². The number of nitrogens with one attached hydrogen (secondary N) is 1. The predicted octanol–water partition coefficient (Wildman–Crippen LogP) is 1.01. The Kier molecular flexibility index (Phi) is 3.14. The number of hydrogen-bond acceptors (Lipinski definition) is 3. The highest BCUT2D eigenvalue weighted by Gasteiger charge is 2.44. The molecular weight excluding hydrogens is 236 g/mol. The van der Waals surface area contributed by atoms with Crippen LogP contribution >= 0.6 is 11.8 Å². The van der Waals surface area contributed by atoms with E-state index in [1.807, 2.05) is 11.8 Å². The van der Waals surface area contributed by atoms with Crippen LogP contribution in [0.2, 0.25) is 0 Å². The molecule has 96 valence electrons. The van der Waals surface area contributed by atoms with Crippen molar-refractivity contribution in [2.75, 3.05) is 19.3 Å². The minimum absolute atomic E-state index is 0.0393. The van der Waals surface area contributed by atoms with Gasteiger partial charge in [-0.25, -0.2) is 0 Å². The van der Waals surface area contributed by atoms with Gasteiger partial charge in [0, 0.05) is 11.3 Å². The molecule has 5 heteroatoms. The molecule has 1 aliphatic heterocycles. The lowest BCUT2D eigenvalue weighted by Crippen LogP contribution is -2.65. The van der Waals surface area contributed by atoms with E-state index in [-0.39, 0.29) is 23.1 Å². The van der Waals surface area contributed by atoms with Crippen molar-refractivity contribution >= 4 is 23.6 Å². The zero-order valence-corrected chi connectivity index (χ0v) is 11.5. The minimum atomic E-state index is -0.751. The van der Waals surface area contributed by atoms with E-state index in [0.717, 1.165) is 12.8 Å². The van der Waals surface area contributed by atoms with Gasteiger partial charge >= 0.3 is 0 Å². The molecule has 2 amide bonds. The summed E-state index contributed by atoms with van der Waals surface area (Å²) in [5, 5.41) is 2.74. The summed E-state index contributed by atoms with van der Waals surface area (Å²) in [5.74, 6) is -0.0115. The van der Waals surface area contributed by atoms with E-state index < -0.39 is 5.54 Å². The number of hydrogen-bond donors (Lipinski definition) is 1. The van der Waals surface area contributed by atoms with E-state index in [1.54, 1.807) is 18.7 Å². The zero-order chi connectivity index (χ0) is 12.7. The highest BCUT2D eigenvalue weighted by atomic mass is 32.2. The van der Waals surface area contributed by atoms with Gasteiger partial charge in [-0.15, -0.1) is 0 Å². The Morgan fingerprint density at radius 3 is 2.47 bits per heavy atom. The van der Waals surface area contributed by atoms with Gasteiger partial charge in [0.05, 0.1) is 6.54 Å². The standard InChI is InChI=1S/C12H20N2O2S/c1-11(2)10(16)14(7-9(15)13-11)8-12(17-3)5-4-6-12/h4-8H2,1-3H3,(H,13,15). The van der Waals surface area contributed by atoms with Crippen molar-refractivity contribution in [1.29, 1.82) is 0 Å². The molecule has 0 atom stereocenters. The Bertz CT molecular complexity index is 345. The average Bonchev–Trinajstić information content (AvgIpc) is 2.18. The molecule has 1 N–H and O–H groups in total. The molecule has 2 rings (SSSR count). The first-order valence-corrected chi connectivity index (χ1v) is 7.27. The lowest BCUT2D eigenvalue weighted by atomic mass is 9.83. The van der Waals surface area contributed by atoms with E-state index in [4.69, 9.17) is 0 Å². The molecule has 0 unspecified atom stereocenters. The number of piperazine rings is 1. The van der Waals surface area contributed by atoms with Crippen molar-refractivity contribution in [2.24, 2.45) is 0 Å². The fraction of sp³-hybridized carbons (Fsp3) is 0.833. The maximum absolute atomic E-state index is 12.2. The van der Waals surface area contributed by atoms with Crippen molar-refractivity contribution in [3.63, 3.8) is 0 Å². The van der Waals surface area contributed by atoms with E-state index in [1.165, 1.54) is 6.42 Å².